The van der Waals surface area contributed by atoms with Crippen molar-refractivity contribution in [2.75, 3.05) is 6.54 Å². The molecule has 1 heterocycles. The Hall–Kier alpha value is -0.540. The second kappa shape index (κ2) is 5.10. The van der Waals surface area contributed by atoms with Crippen molar-refractivity contribution in [3.8, 4) is 5.75 Å². The number of halogens is 1. The molecule has 0 bridgehead atoms. The van der Waals surface area contributed by atoms with E-state index in [-0.39, 0.29) is 5.41 Å². The Kier molecular flexibility index (Phi) is 3.61. The Morgan fingerprint density at radius 1 is 1.32 bits per heavy atom. The van der Waals surface area contributed by atoms with Crippen molar-refractivity contribution in [3.63, 3.8) is 0 Å². The van der Waals surface area contributed by atoms with Gasteiger partial charge in [-0.1, -0.05) is 35.2 Å². The molecule has 1 aromatic carbocycles. The summed E-state index contributed by atoms with van der Waals surface area (Å²) in [7, 11) is 0. The fourth-order valence-corrected chi connectivity index (χ4v) is 4.20. The molecule has 1 fully saturated rings. The highest BCUT2D eigenvalue weighted by atomic mass is 79.9. The number of hydrogen-bond acceptors (Lipinski definition) is 2. The number of nitrogens with two attached hydrogens (primary N) is 1. The van der Waals surface area contributed by atoms with Crippen molar-refractivity contribution in [2.24, 2.45) is 5.73 Å². The first-order valence-corrected chi connectivity index (χ1v) is 8.13. The first-order valence-electron chi connectivity index (χ1n) is 7.34. The van der Waals surface area contributed by atoms with Crippen LogP contribution in [0.3, 0.4) is 0 Å². The minimum Gasteiger partial charge on any atom is -0.490 e. The van der Waals surface area contributed by atoms with E-state index in [0.717, 1.165) is 23.2 Å². The maximum absolute atomic E-state index is 6.18. The third-order valence-electron chi connectivity index (χ3n) is 4.73. The number of rotatable bonds is 2. The van der Waals surface area contributed by atoms with E-state index >= 15 is 0 Å². The first-order chi connectivity index (χ1) is 9.14. The SMILES string of the molecule is CC1Cc2cc(Br)cc(C3(CN)CCCCC3)c2O1. The Morgan fingerprint density at radius 2 is 2.05 bits per heavy atom. The van der Waals surface area contributed by atoms with Crippen LogP contribution in [-0.4, -0.2) is 12.6 Å². The highest BCUT2D eigenvalue weighted by Gasteiger charge is 2.37. The lowest BCUT2D eigenvalue weighted by Crippen LogP contribution is -2.37. The van der Waals surface area contributed by atoms with Gasteiger partial charge in [0.2, 0.25) is 0 Å². The molecule has 0 radical (unpaired) electrons. The molecule has 1 aliphatic carbocycles. The molecule has 3 rings (SSSR count). The Balaban J connectivity index is 2.09. The van der Waals surface area contributed by atoms with E-state index in [1.807, 2.05) is 0 Å². The number of benzene rings is 1. The van der Waals surface area contributed by atoms with Crippen LogP contribution in [0.1, 0.15) is 50.2 Å². The van der Waals surface area contributed by atoms with Crippen LogP contribution in [0.2, 0.25) is 0 Å². The summed E-state index contributed by atoms with van der Waals surface area (Å²) in [4.78, 5) is 0. The van der Waals surface area contributed by atoms with Gasteiger partial charge >= 0.3 is 0 Å². The van der Waals surface area contributed by atoms with Crippen LogP contribution < -0.4 is 10.5 Å². The van der Waals surface area contributed by atoms with Gasteiger partial charge in [-0.2, -0.15) is 0 Å². The fraction of sp³-hybridized carbons (Fsp3) is 0.625. The molecule has 2 N–H and O–H groups in total. The fourth-order valence-electron chi connectivity index (χ4n) is 3.70. The molecular weight excluding hydrogens is 302 g/mol. The van der Waals surface area contributed by atoms with Gasteiger partial charge in [0.15, 0.2) is 0 Å². The minimum absolute atomic E-state index is 0.135. The van der Waals surface area contributed by atoms with E-state index in [1.165, 1.54) is 43.2 Å². The normalized spacial score (nSPS) is 24.9. The average Bonchev–Trinajstić information content (AvgIpc) is 2.78. The van der Waals surface area contributed by atoms with E-state index in [4.69, 9.17) is 10.5 Å². The highest BCUT2D eigenvalue weighted by Crippen LogP contribution is 2.47. The molecule has 0 amide bonds. The van der Waals surface area contributed by atoms with Gasteiger partial charge in [-0.25, -0.2) is 0 Å². The molecule has 1 aliphatic heterocycles. The second-order valence-electron chi connectivity index (χ2n) is 6.12. The summed E-state index contributed by atoms with van der Waals surface area (Å²) < 4.78 is 7.26. The summed E-state index contributed by atoms with van der Waals surface area (Å²) >= 11 is 3.66. The van der Waals surface area contributed by atoms with Crippen LogP contribution in [-0.2, 0) is 11.8 Å². The van der Waals surface area contributed by atoms with E-state index in [9.17, 15) is 0 Å². The smallest absolute Gasteiger partial charge is 0.126 e. The van der Waals surface area contributed by atoms with Gasteiger partial charge in [0.1, 0.15) is 11.9 Å². The summed E-state index contributed by atoms with van der Waals surface area (Å²) in [5.41, 5.74) is 9.01. The lowest BCUT2D eigenvalue weighted by molar-refractivity contribution is 0.237. The van der Waals surface area contributed by atoms with Crippen LogP contribution in [0.15, 0.2) is 16.6 Å². The van der Waals surface area contributed by atoms with Crippen molar-refractivity contribution in [2.45, 2.75) is 57.0 Å². The average molecular weight is 324 g/mol. The number of fused-ring (bicyclic) bond motifs is 1. The van der Waals surface area contributed by atoms with Gasteiger partial charge in [-0.15, -0.1) is 0 Å². The molecule has 1 saturated carbocycles. The molecule has 3 heteroatoms. The molecule has 0 saturated heterocycles. The number of ether oxygens (including phenoxy) is 1. The molecule has 19 heavy (non-hydrogen) atoms. The maximum atomic E-state index is 6.18. The van der Waals surface area contributed by atoms with Gasteiger partial charge < -0.3 is 10.5 Å². The summed E-state index contributed by atoms with van der Waals surface area (Å²) in [5, 5.41) is 0. The molecule has 0 spiro atoms. The van der Waals surface area contributed by atoms with Gasteiger partial charge in [0.25, 0.3) is 0 Å². The summed E-state index contributed by atoms with van der Waals surface area (Å²) in [6, 6.07) is 4.45. The van der Waals surface area contributed by atoms with Crippen molar-refractivity contribution in [3.05, 3.63) is 27.7 Å². The van der Waals surface area contributed by atoms with E-state index in [0.29, 0.717) is 6.10 Å². The van der Waals surface area contributed by atoms with Gasteiger partial charge in [-0.05, 0) is 37.5 Å². The van der Waals surface area contributed by atoms with Crippen LogP contribution in [0.5, 0.6) is 5.75 Å². The van der Waals surface area contributed by atoms with Gasteiger partial charge in [0.05, 0.1) is 0 Å². The van der Waals surface area contributed by atoms with Crippen LogP contribution in [0, 0.1) is 0 Å². The molecule has 1 aromatic rings. The van der Waals surface area contributed by atoms with Crippen molar-refractivity contribution in [1.29, 1.82) is 0 Å². The van der Waals surface area contributed by atoms with Crippen LogP contribution >= 0.6 is 15.9 Å². The van der Waals surface area contributed by atoms with Gasteiger partial charge in [0, 0.05) is 28.4 Å². The van der Waals surface area contributed by atoms with Crippen LogP contribution in [0.25, 0.3) is 0 Å². The van der Waals surface area contributed by atoms with E-state index in [2.05, 4.69) is 35.0 Å². The Labute approximate surface area is 123 Å². The molecule has 1 atom stereocenters. The largest absolute Gasteiger partial charge is 0.490 e. The standard InChI is InChI=1S/C16H22BrNO/c1-11-7-12-8-13(17)9-14(15(12)19-11)16(10-18)5-3-2-4-6-16/h8-9,11H,2-7,10,18H2,1H3. The predicted octanol–water partition coefficient (Wildman–Crippen LogP) is 3.93. The minimum atomic E-state index is 0.135. The lowest BCUT2D eigenvalue weighted by Gasteiger charge is -2.37. The van der Waals surface area contributed by atoms with Crippen LogP contribution in [0.4, 0.5) is 0 Å². The maximum Gasteiger partial charge on any atom is 0.126 e. The second-order valence-corrected chi connectivity index (χ2v) is 7.03. The lowest BCUT2D eigenvalue weighted by atomic mass is 9.69. The molecule has 0 aromatic heterocycles. The van der Waals surface area contributed by atoms with Crippen molar-refractivity contribution < 1.29 is 4.74 Å². The topological polar surface area (TPSA) is 35.2 Å². The monoisotopic (exact) mass is 323 g/mol. The summed E-state index contributed by atoms with van der Waals surface area (Å²) in [6.45, 7) is 2.88. The first kappa shape index (κ1) is 13.4. The predicted molar refractivity (Wildman–Crippen MR) is 81.8 cm³/mol. The number of hydrogen-bond donors (Lipinski definition) is 1. The third-order valence-corrected chi connectivity index (χ3v) is 5.19. The molecule has 1 unspecified atom stereocenters. The third kappa shape index (κ3) is 2.31. The van der Waals surface area contributed by atoms with Gasteiger partial charge in [-0.3, -0.25) is 0 Å². The van der Waals surface area contributed by atoms with E-state index in [1.54, 1.807) is 0 Å². The zero-order valence-corrected chi connectivity index (χ0v) is 13.1. The van der Waals surface area contributed by atoms with E-state index < -0.39 is 0 Å². The van der Waals surface area contributed by atoms with Crippen molar-refractivity contribution in [1.82, 2.24) is 0 Å². The van der Waals surface area contributed by atoms with Crippen molar-refractivity contribution >= 4 is 15.9 Å². The Morgan fingerprint density at radius 3 is 2.74 bits per heavy atom. The quantitative estimate of drug-likeness (QED) is 0.894. The zero-order chi connectivity index (χ0) is 13.5. The summed E-state index contributed by atoms with van der Waals surface area (Å²) in [6.07, 6.45) is 7.62. The molecule has 2 nitrogen and oxygen atoms in total. The summed E-state index contributed by atoms with van der Waals surface area (Å²) in [5.74, 6) is 1.13. The Bertz CT molecular complexity index is 480. The molecule has 104 valence electrons. The zero-order valence-electron chi connectivity index (χ0n) is 11.5. The highest BCUT2D eigenvalue weighted by molar-refractivity contribution is 9.10. The molecular formula is C16H22BrNO. The molecule has 2 aliphatic rings.